The lowest BCUT2D eigenvalue weighted by atomic mass is 10.4. The maximum atomic E-state index is 12.6. The van der Waals surface area contributed by atoms with Gasteiger partial charge in [-0.1, -0.05) is 36.4 Å². The Bertz CT molecular complexity index is 1540. The molecule has 0 radical (unpaired) electrons. The number of nitrogens with zero attached hydrogens (tertiary/aromatic N) is 4. The van der Waals surface area contributed by atoms with Crippen molar-refractivity contribution >= 4 is 19.7 Å². The minimum Gasteiger partial charge on any atom is -0.457 e. The highest BCUT2D eigenvalue weighted by molar-refractivity contribution is 7.94. The average Bonchev–Trinajstić information content (AvgIpc) is 3.53. The van der Waals surface area contributed by atoms with Crippen LogP contribution in [0.15, 0.2) is 89.8 Å². The summed E-state index contributed by atoms with van der Waals surface area (Å²) in [6.07, 6.45) is 0.977. The molecule has 0 aliphatic rings. The van der Waals surface area contributed by atoms with Gasteiger partial charge in [0.2, 0.25) is 0 Å². The van der Waals surface area contributed by atoms with Gasteiger partial charge in [0.1, 0.15) is 0 Å². The SMILES string of the molecule is Cc1no[n+]([O-])c1OCCCO.O=S(=O)(c1ccccc1)c1no[n+]([O-])c1S(=O)(=O)c1ccccc1.OCCCO. The molecule has 0 atom stereocenters. The molecule has 0 saturated carbocycles. The quantitative estimate of drug-likeness (QED) is 0.153. The van der Waals surface area contributed by atoms with E-state index >= 15 is 0 Å². The number of aliphatic hydroxyl groups is 3. The van der Waals surface area contributed by atoms with E-state index in [1.807, 2.05) is 0 Å². The molecular weight excluding hydrogens is 588 g/mol. The maximum absolute atomic E-state index is 12.6. The normalized spacial score (nSPS) is 11.1. The van der Waals surface area contributed by atoms with Gasteiger partial charge in [-0.25, -0.2) is 16.8 Å². The van der Waals surface area contributed by atoms with Crippen LogP contribution in [-0.4, -0.2) is 68.9 Å². The number of benzene rings is 2. The number of ether oxygens (including phenoxy) is 1. The second-order valence-electron chi connectivity index (χ2n) is 7.72. The van der Waals surface area contributed by atoms with Crippen molar-refractivity contribution in [3.05, 3.63) is 76.8 Å². The van der Waals surface area contributed by atoms with Gasteiger partial charge in [-0.2, -0.15) is 0 Å². The Hall–Kier alpha value is -4.10. The minimum atomic E-state index is -4.43. The van der Waals surface area contributed by atoms with Crippen LogP contribution >= 0.6 is 0 Å². The fraction of sp³-hybridized carbons (Fsp3) is 0.304. The van der Waals surface area contributed by atoms with E-state index in [0.29, 0.717) is 18.5 Å². The molecule has 3 N–H and O–H groups in total. The van der Waals surface area contributed by atoms with Gasteiger partial charge >= 0.3 is 15.9 Å². The van der Waals surface area contributed by atoms with Crippen molar-refractivity contribution in [2.75, 3.05) is 26.4 Å². The summed E-state index contributed by atoms with van der Waals surface area (Å²) >= 11 is 0. The summed E-state index contributed by atoms with van der Waals surface area (Å²) in [4.78, 5) is -0.670. The summed E-state index contributed by atoms with van der Waals surface area (Å²) in [7, 11) is -8.78. The summed E-state index contributed by atoms with van der Waals surface area (Å²) < 4.78 is 64.0. The lowest BCUT2D eigenvalue weighted by molar-refractivity contribution is -0.832. The first-order valence-electron chi connectivity index (χ1n) is 11.7. The van der Waals surface area contributed by atoms with Gasteiger partial charge in [-0.3, -0.25) is 9.26 Å². The van der Waals surface area contributed by atoms with Crippen molar-refractivity contribution in [2.45, 2.75) is 39.6 Å². The van der Waals surface area contributed by atoms with E-state index in [1.54, 1.807) is 19.1 Å². The molecule has 0 saturated heterocycles. The van der Waals surface area contributed by atoms with E-state index in [0.717, 1.165) is 0 Å². The summed E-state index contributed by atoms with van der Waals surface area (Å²) in [6.45, 7) is 2.10. The molecule has 224 valence electrons. The number of aromatic nitrogens is 4. The zero-order valence-corrected chi connectivity index (χ0v) is 23.3. The molecule has 4 aromatic rings. The van der Waals surface area contributed by atoms with Crippen LogP contribution in [0.3, 0.4) is 0 Å². The summed E-state index contributed by atoms with van der Waals surface area (Å²) in [5.41, 5.74) is 0.405. The topological polar surface area (TPSA) is 244 Å². The molecule has 2 aromatic carbocycles. The Balaban J connectivity index is 0.000000288. The molecule has 0 bridgehead atoms. The number of sulfone groups is 2. The lowest BCUT2D eigenvalue weighted by Crippen LogP contribution is -2.31. The van der Waals surface area contributed by atoms with Crippen LogP contribution in [0.5, 0.6) is 5.88 Å². The third-order valence-corrected chi connectivity index (χ3v) is 8.29. The lowest BCUT2D eigenvalue weighted by Gasteiger charge is -2.02. The van der Waals surface area contributed by atoms with Crippen LogP contribution in [0.1, 0.15) is 18.5 Å². The van der Waals surface area contributed by atoms with Gasteiger partial charge in [0.05, 0.1) is 21.6 Å². The Kier molecular flexibility index (Phi) is 12.6. The van der Waals surface area contributed by atoms with Crippen LogP contribution in [0.4, 0.5) is 0 Å². The van der Waals surface area contributed by atoms with Gasteiger partial charge in [-0.05, 0) is 40.5 Å². The molecule has 2 heterocycles. The Morgan fingerprint density at radius 1 is 0.756 bits per heavy atom. The van der Waals surface area contributed by atoms with Gasteiger partial charge in [-0.15, -0.1) is 0 Å². The molecule has 0 fully saturated rings. The van der Waals surface area contributed by atoms with Gasteiger partial charge < -0.3 is 30.5 Å². The average molecular weight is 617 g/mol. The highest BCUT2D eigenvalue weighted by Gasteiger charge is 2.41. The molecule has 0 spiro atoms. The molecule has 16 nitrogen and oxygen atoms in total. The molecule has 2 aromatic heterocycles. The first-order chi connectivity index (χ1) is 19.5. The number of hydrogen-bond acceptors (Lipinski definition) is 14. The fourth-order valence-corrected chi connectivity index (χ4v) is 5.86. The molecule has 0 aliphatic carbocycles. The number of hydrogen-bond donors (Lipinski definition) is 3. The minimum absolute atomic E-state index is 0.0309. The van der Waals surface area contributed by atoms with Crippen molar-refractivity contribution in [1.29, 1.82) is 0 Å². The molecule has 18 heteroatoms. The maximum Gasteiger partial charge on any atom is 0.375 e. The summed E-state index contributed by atoms with van der Waals surface area (Å²) in [5.74, 6) is 0.0588. The first-order valence-corrected chi connectivity index (χ1v) is 14.7. The molecule has 4 rings (SSSR count). The van der Waals surface area contributed by atoms with Crippen LogP contribution in [0.25, 0.3) is 0 Å². The van der Waals surface area contributed by atoms with Crippen molar-refractivity contribution in [2.24, 2.45) is 0 Å². The Morgan fingerprint density at radius 2 is 1.24 bits per heavy atom. The van der Waals surface area contributed by atoms with E-state index < -0.39 is 34.6 Å². The van der Waals surface area contributed by atoms with Crippen LogP contribution in [0, 0.1) is 17.3 Å². The molecule has 41 heavy (non-hydrogen) atoms. The third-order valence-electron chi connectivity index (χ3n) is 4.75. The molecule has 0 unspecified atom stereocenters. The largest absolute Gasteiger partial charge is 0.457 e. The summed E-state index contributed by atoms with van der Waals surface area (Å²) in [6, 6.07) is 14.0. The molecular formula is C23H28N4O12S2. The van der Waals surface area contributed by atoms with Crippen molar-refractivity contribution < 1.29 is 56.0 Å². The van der Waals surface area contributed by atoms with E-state index in [9.17, 15) is 27.3 Å². The predicted octanol–water partition coefficient (Wildman–Crippen LogP) is -0.288. The van der Waals surface area contributed by atoms with Crippen molar-refractivity contribution in [1.82, 2.24) is 10.3 Å². The van der Waals surface area contributed by atoms with Crippen LogP contribution in [0.2, 0.25) is 0 Å². The number of aryl methyl sites for hydroxylation is 1. The monoisotopic (exact) mass is 616 g/mol. The molecule has 0 amide bonds. The predicted molar refractivity (Wildman–Crippen MR) is 135 cm³/mol. The third kappa shape index (κ3) is 8.69. The fourth-order valence-electron chi connectivity index (χ4n) is 2.80. The second kappa shape index (κ2) is 15.6. The zero-order valence-electron chi connectivity index (χ0n) is 21.6. The van der Waals surface area contributed by atoms with Crippen molar-refractivity contribution in [3.63, 3.8) is 0 Å². The highest BCUT2D eigenvalue weighted by atomic mass is 32.2. The summed E-state index contributed by atoms with van der Waals surface area (Å²) in [5, 5.41) is 51.3. The standard InChI is InChI=1S/C14H10N2O6S2.C6H10N2O4.C3H8O2/c17-16-14(24(20,21)12-9-5-2-6-10-12)13(15-22-16)23(18,19)11-7-3-1-4-8-11;1-5-6(8(10)12-7-5)11-4-2-3-9;4-2-1-3-5/h1-10H;9H,2-4H2,1H3;4-5H,1-3H2. The van der Waals surface area contributed by atoms with E-state index in [2.05, 4.69) is 19.6 Å². The Labute approximate surface area is 234 Å². The van der Waals surface area contributed by atoms with Crippen LogP contribution in [-0.2, 0) is 19.7 Å². The van der Waals surface area contributed by atoms with E-state index in [-0.39, 0.29) is 47.0 Å². The van der Waals surface area contributed by atoms with Gasteiger partial charge in [0.15, 0.2) is 0 Å². The van der Waals surface area contributed by atoms with E-state index in [1.165, 1.54) is 48.5 Å². The second-order valence-corrected chi connectivity index (χ2v) is 11.5. The zero-order chi connectivity index (χ0) is 30.5. The van der Waals surface area contributed by atoms with E-state index in [4.69, 9.17) is 20.1 Å². The molecule has 0 aliphatic heterocycles. The highest BCUT2D eigenvalue weighted by Crippen LogP contribution is 2.27. The Morgan fingerprint density at radius 3 is 1.68 bits per heavy atom. The van der Waals surface area contributed by atoms with Crippen molar-refractivity contribution in [3.8, 4) is 5.88 Å². The van der Waals surface area contributed by atoms with Gasteiger partial charge in [0, 0.05) is 38.3 Å². The smallest absolute Gasteiger partial charge is 0.375 e. The number of aliphatic hydroxyl groups excluding tert-OH is 3. The van der Waals surface area contributed by atoms with Gasteiger partial charge in [0.25, 0.3) is 25.4 Å². The van der Waals surface area contributed by atoms with Crippen LogP contribution < -0.4 is 14.5 Å². The first kappa shape index (κ1) is 33.1. The number of rotatable bonds is 10.